The van der Waals surface area contributed by atoms with Crippen molar-refractivity contribution >= 4 is 27.5 Å². The molecule has 0 aliphatic rings. The molecule has 0 aliphatic heterocycles. The van der Waals surface area contributed by atoms with E-state index in [-0.39, 0.29) is 11.9 Å². The molecule has 1 aromatic carbocycles. The SMILES string of the molecule is Cc1noc(C)c1C(C)NC(=O)c1cc(Br)cc(N)c1C. The highest BCUT2D eigenvalue weighted by atomic mass is 79.9. The zero-order valence-electron chi connectivity index (χ0n) is 12.5. The number of nitrogens with zero attached hydrogens (tertiary/aromatic N) is 1. The number of anilines is 1. The van der Waals surface area contributed by atoms with Crippen LogP contribution in [-0.4, -0.2) is 11.1 Å². The average molecular weight is 352 g/mol. The number of hydrogen-bond acceptors (Lipinski definition) is 4. The zero-order valence-corrected chi connectivity index (χ0v) is 14.0. The molecular formula is C15H18BrN3O2. The van der Waals surface area contributed by atoms with E-state index in [1.807, 2.05) is 27.7 Å². The van der Waals surface area contributed by atoms with Crippen molar-refractivity contribution in [2.24, 2.45) is 0 Å². The van der Waals surface area contributed by atoms with Gasteiger partial charge in [-0.1, -0.05) is 21.1 Å². The van der Waals surface area contributed by atoms with Gasteiger partial charge in [-0.25, -0.2) is 0 Å². The molecule has 0 fully saturated rings. The molecule has 112 valence electrons. The molecule has 3 N–H and O–H groups in total. The van der Waals surface area contributed by atoms with E-state index in [0.717, 1.165) is 21.3 Å². The lowest BCUT2D eigenvalue weighted by Crippen LogP contribution is -2.28. The van der Waals surface area contributed by atoms with Crippen LogP contribution in [0.25, 0.3) is 0 Å². The van der Waals surface area contributed by atoms with Gasteiger partial charge in [-0.15, -0.1) is 0 Å². The standard InChI is InChI=1S/C15H18BrN3O2/c1-7-12(5-11(16)6-13(7)17)15(20)18-8(2)14-9(3)19-21-10(14)4/h5-6,8H,17H2,1-4H3,(H,18,20). The Bertz CT molecular complexity index is 675. The molecule has 0 radical (unpaired) electrons. The molecule has 1 atom stereocenters. The predicted molar refractivity (Wildman–Crippen MR) is 85.1 cm³/mol. The number of aromatic nitrogens is 1. The number of amides is 1. The Morgan fingerprint density at radius 3 is 2.62 bits per heavy atom. The normalized spacial score (nSPS) is 12.2. The molecule has 0 spiro atoms. The van der Waals surface area contributed by atoms with Gasteiger partial charge >= 0.3 is 0 Å². The highest BCUT2D eigenvalue weighted by Crippen LogP contribution is 2.25. The molecule has 0 saturated heterocycles. The Labute approximate surface area is 132 Å². The second kappa shape index (κ2) is 5.89. The molecule has 0 bridgehead atoms. The number of nitrogen functional groups attached to an aromatic ring is 1. The molecule has 1 aromatic heterocycles. The van der Waals surface area contributed by atoms with Gasteiger partial charge in [0, 0.05) is 21.3 Å². The number of nitrogens with one attached hydrogen (secondary N) is 1. The first-order valence-electron chi connectivity index (χ1n) is 6.60. The van der Waals surface area contributed by atoms with Crippen molar-refractivity contribution < 1.29 is 9.32 Å². The molecule has 5 nitrogen and oxygen atoms in total. The minimum atomic E-state index is -0.191. The van der Waals surface area contributed by atoms with Gasteiger partial charge in [0.05, 0.1) is 11.7 Å². The van der Waals surface area contributed by atoms with E-state index in [2.05, 4.69) is 26.4 Å². The molecule has 1 heterocycles. The largest absolute Gasteiger partial charge is 0.398 e. The van der Waals surface area contributed by atoms with Crippen LogP contribution in [-0.2, 0) is 0 Å². The predicted octanol–water partition coefficient (Wildman–Crippen LogP) is 3.44. The highest BCUT2D eigenvalue weighted by molar-refractivity contribution is 9.10. The first-order chi connectivity index (χ1) is 9.81. The number of aryl methyl sites for hydroxylation is 2. The van der Waals surface area contributed by atoms with E-state index >= 15 is 0 Å². The maximum atomic E-state index is 12.5. The third kappa shape index (κ3) is 3.10. The first-order valence-corrected chi connectivity index (χ1v) is 7.39. The van der Waals surface area contributed by atoms with Crippen LogP contribution in [0.5, 0.6) is 0 Å². The van der Waals surface area contributed by atoms with Gasteiger partial charge < -0.3 is 15.6 Å². The number of hydrogen-bond donors (Lipinski definition) is 2. The van der Waals surface area contributed by atoms with Crippen LogP contribution >= 0.6 is 15.9 Å². The maximum absolute atomic E-state index is 12.5. The molecule has 1 amide bonds. The fraction of sp³-hybridized carbons (Fsp3) is 0.333. The number of carbonyl (C=O) groups is 1. The van der Waals surface area contributed by atoms with Gasteiger partial charge in [-0.3, -0.25) is 4.79 Å². The summed E-state index contributed by atoms with van der Waals surface area (Å²) >= 11 is 3.36. The Balaban J connectivity index is 2.27. The molecule has 6 heteroatoms. The van der Waals surface area contributed by atoms with Crippen molar-refractivity contribution in [3.05, 3.63) is 44.7 Å². The monoisotopic (exact) mass is 351 g/mol. The van der Waals surface area contributed by atoms with Crippen LogP contribution in [0.3, 0.4) is 0 Å². The second-order valence-electron chi connectivity index (χ2n) is 5.10. The number of benzene rings is 1. The Morgan fingerprint density at radius 1 is 1.38 bits per heavy atom. The third-order valence-electron chi connectivity index (χ3n) is 3.53. The average Bonchev–Trinajstić information content (AvgIpc) is 2.73. The smallest absolute Gasteiger partial charge is 0.252 e. The van der Waals surface area contributed by atoms with Crippen LogP contribution in [0.2, 0.25) is 0 Å². The van der Waals surface area contributed by atoms with E-state index in [0.29, 0.717) is 17.0 Å². The molecule has 2 rings (SSSR count). The number of carbonyl (C=O) groups excluding carboxylic acids is 1. The van der Waals surface area contributed by atoms with Crippen molar-refractivity contribution in [2.75, 3.05) is 5.73 Å². The molecule has 2 aromatic rings. The Morgan fingerprint density at radius 2 is 2.05 bits per heavy atom. The van der Waals surface area contributed by atoms with Crippen LogP contribution in [0, 0.1) is 20.8 Å². The number of rotatable bonds is 3. The lowest BCUT2D eigenvalue weighted by molar-refractivity contribution is 0.0939. The summed E-state index contributed by atoms with van der Waals surface area (Å²) in [5.74, 6) is 0.541. The van der Waals surface area contributed by atoms with Gasteiger partial charge in [-0.2, -0.15) is 0 Å². The van der Waals surface area contributed by atoms with Crippen LogP contribution < -0.4 is 11.1 Å². The van der Waals surface area contributed by atoms with Crippen LogP contribution in [0.1, 0.15) is 45.9 Å². The summed E-state index contributed by atoms with van der Waals surface area (Å²) in [5, 5.41) is 6.87. The van der Waals surface area contributed by atoms with Crippen LogP contribution in [0.4, 0.5) is 5.69 Å². The molecule has 1 unspecified atom stereocenters. The quantitative estimate of drug-likeness (QED) is 0.830. The van der Waals surface area contributed by atoms with Gasteiger partial charge in [-0.05, 0) is 45.4 Å². The topological polar surface area (TPSA) is 81.2 Å². The number of nitrogens with two attached hydrogens (primary N) is 1. The Kier molecular flexibility index (Phi) is 4.37. The highest BCUT2D eigenvalue weighted by Gasteiger charge is 2.20. The third-order valence-corrected chi connectivity index (χ3v) is 3.98. The minimum absolute atomic E-state index is 0.173. The number of halogens is 1. The van der Waals surface area contributed by atoms with Crippen molar-refractivity contribution in [1.82, 2.24) is 10.5 Å². The summed E-state index contributed by atoms with van der Waals surface area (Å²) in [6, 6.07) is 3.36. The molecule has 0 saturated carbocycles. The van der Waals surface area contributed by atoms with Crippen LogP contribution in [0.15, 0.2) is 21.1 Å². The summed E-state index contributed by atoms with van der Waals surface area (Å²) < 4.78 is 5.92. The minimum Gasteiger partial charge on any atom is -0.398 e. The molecule has 0 aliphatic carbocycles. The summed E-state index contributed by atoms with van der Waals surface area (Å²) in [5.41, 5.74) is 9.49. The van der Waals surface area contributed by atoms with Gasteiger partial charge in [0.15, 0.2) is 0 Å². The lowest BCUT2D eigenvalue weighted by Gasteiger charge is -2.16. The van der Waals surface area contributed by atoms with Crippen molar-refractivity contribution in [3.8, 4) is 0 Å². The summed E-state index contributed by atoms with van der Waals surface area (Å²) in [7, 11) is 0. The zero-order chi connectivity index (χ0) is 15.7. The van der Waals surface area contributed by atoms with E-state index in [1.165, 1.54) is 0 Å². The van der Waals surface area contributed by atoms with Gasteiger partial charge in [0.1, 0.15) is 5.76 Å². The van der Waals surface area contributed by atoms with Gasteiger partial charge in [0.25, 0.3) is 5.91 Å². The van der Waals surface area contributed by atoms with Crippen molar-refractivity contribution in [2.45, 2.75) is 33.7 Å². The molecule has 21 heavy (non-hydrogen) atoms. The van der Waals surface area contributed by atoms with E-state index in [4.69, 9.17) is 10.3 Å². The summed E-state index contributed by atoms with van der Waals surface area (Å²) in [4.78, 5) is 12.5. The van der Waals surface area contributed by atoms with E-state index < -0.39 is 0 Å². The van der Waals surface area contributed by atoms with Crippen molar-refractivity contribution in [3.63, 3.8) is 0 Å². The van der Waals surface area contributed by atoms with Crippen molar-refractivity contribution in [1.29, 1.82) is 0 Å². The van der Waals surface area contributed by atoms with E-state index in [1.54, 1.807) is 12.1 Å². The summed E-state index contributed by atoms with van der Waals surface area (Å²) in [6.45, 7) is 7.43. The first kappa shape index (κ1) is 15.6. The maximum Gasteiger partial charge on any atom is 0.252 e. The van der Waals surface area contributed by atoms with E-state index in [9.17, 15) is 4.79 Å². The second-order valence-corrected chi connectivity index (χ2v) is 6.02. The lowest BCUT2D eigenvalue weighted by atomic mass is 10.0. The summed E-state index contributed by atoms with van der Waals surface area (Å²) in [6.07, 6.45) is 0. The van der Waals surface area contributed by atoms with Gasteiger partial charge in [0.2, 0.25) is 0 Å². The molecular weight excluding hydrogens is 334 g/mol. The fourth-order valence-electron chi connectivity index (χ4n) is 2.39. The Hall–Kier alpha value is -1.82. The fourth-order valence-corrected chi connectivity index (χ4v) is 2.87.